The van der Waals surface area contributed by atoms with Crippen molar-refractivity contribution in [2.24, 2.45) is 10.9 Å². The first-order valence-corrected chi connectivity index (χ1v) is 8.89. The molecule has 1 rings (SSSR count). The van der Waals surface area contributed by atoms with Gasteiger partial charge in [0, 0.05) is 37.2 Å². The monoisotopic (exact) mass is 300 g/mol. The van der Waals surface area contributed by atoms with Gasteiger partial charge in [-0.15, -0.1) is 0 Å². The van der Waals surface area contributed by atoms with Crippen LogP contribution in [0.2, 0.25) is 0 Å². The summed E-state index contributed by atoms with van der Waals surface area (Å²) in [5.74, 6) is 3.06. The van der Waals surface area contributed by atoms with Gasteiger partial charge in [0.25, 0.3) is 0 Å². The Labute approximate surface area is 129 Å². The van der Waals surface area contributed by atoms with Crippen LogP contribution in [0, 0.1) is 5.92 Å². The molecule has 20 heavy (non-hydrogen) atoms. The van der Waals surface area contributed by atoms with Crippen molar-refractivity contribution in [3.8, 4) is 0 Å². The Morgan fingerprint density at radius 1 is 1.45 bits per heavy atom. The third-order valence-corrected chi connectivity index (χ3v) is 5.04. The van der Waals surface area contributed by atoms with E-state index < -0.39 is 0 Å². The van der Waals surface area contributed by atoms with Crippen molar-refractivity contribution >= 4 is 17.7 Å². The summed E-state index contributed by atoms with van der Waals surface area (Å²) in [6, 6.07) is 0. The highest BCUT2D eigenvalue weighted by Crippen LogP contribution is 2.24. The van der Waals surface area contributed by atoms with E-state index in [4.69, 9.17) is 4.99 Å². The lowest BCUT2D eigenvalue weighted by Crippen LogP contribution is -2.49. The van der Waals surface area contributed by atoms with Crippen LogP contribution < -0.4 is 5.32 Å². The molecule has 0 aromatic rings. The first-order chi connectivity index (χ1) is 9.54. The van der Waals surface area contributed by atoms with Crippen LogP contribution in [0.3, 0.4) is 0 Å². The van der Waals surface area contributed by atoms with Crippen LogP contribution in [0.25, 0.3) is 0 Å². The quantitative estimate of drug-likeness (QED) is 0.462. The number of nitrogens with zero attached hydrogens (tertiary/aromatic N) is 3. The van der Waals surface area contributed by atoms with Crippen LogP contribution in [0.1, 0.15) is 27.2 Å². The van der Waals surface area contributed by atoms with E-state index in [1.807, 2.05) is 0 Å². The maximum absolute atomic E-state index is 4.80. The molecule has 5 heteroatoms. The average molecular weight is 301 g/mol. The lowest BCUT2D eigenvalue weighted by atomic mass is 10.1. The van der Waals surface area contributed by atoms with Crippen LogP contribution in [-0.2, 0) is 0 Å². The van der Waals surface area contributed by atoms with Gasteiger partial charge in [0.2, 0.25) is 0 Å². The molecule has 4 nitrogen and oxygen atoms in total. The maximum atomic E-state index is 4.80. The molecule has 1 aliphatic rings. The fourth-order valence-electron chi connectivity index (χ4n) is 2.27. The summed E-state index contributed by atoms with van der Waals surface area (Å²) in [6.45, 7) is 12.0. The molecule has 0 aliphatic carbocycles. The number of thioether (sulfide) groups is 1. The summed E-state index contributed by atoms with van der Waals surface area (Å²) in [4.78, 5) is 9.46. The number of nitrogens with one attached hydrogen (secondary N) is 1. The lowest BCUT2D eigenvalue weighted by Gasteiger charge is -2.36. The Hall–Kier alpha value is -0.420. The van der Waals surface area contributed by atoms with Gasteiger partial charge in [0.05, 0.1) is 0 Å². The zero-order chi connectivity index (χ0) is 15.0. The van der Waals surface area contributed by atoms with E-state index in [1.54, 1.807) is 0 Å². The number of guanidine groups is 1. The lowest BCUT2D eigenvalue weighted by molar-refractivity contribution is 0.378. The predicted octanol–water partition coefficient (Wildman–Crippen LogP) is 1.98. The molecule has 0 amide bonds. The summed E-state index contributed by atoms with van der Waals surface area (Å²) in [5, 5.41) is 4.18. The molecule has 1 heterocycles. The smallest absolute Gasteiger partial charge is 0.193 e. The zero-order valence-corrected chi connectivity index (χ0v) is 14.7. The molecule has 1 unspecified atom stereocenters. The summed E-state index contributed by atoms with van der Waals surface area (Å²) in [6.07, 6.45) is 1.12. The van der Waals surface area contributed by atoms with Crippen molar-refractivity contribution in [2.45, 2.75) is 32.4 Å². The largest absolute Gasteiger partial charge is 0.357 e. The number of rotatable bonds is 6. The average Bonchev–Trinajstić information content (AvgIpc) is 2.42. The zero-order valence-electron chi connectivity index (χ0n) is 13.9. The number of hydrogen-bond acceptors (Lipinski definition) is 3. The highest BCUT2D eigenvalue weighted by molar-refractivity contribution is 8.00. The molecule has 0 aromatic heterocycles. The second-order valence-corrected chi connectivity index (χ2v) is 7.34. The van der Waals surface area contributed by atoms with Gasteiger partial charge in [-0.25, -0.2) is 0 Å². The van der Waals surface area contributed by atoms with Gasteiger partial charge < -0.3 is 15.1 Å². The molecule has 1 N–H and O–H groups in total. The van der Waals surface area contributed by atoms with Gasteiger partial charge in [-0.2, -0.15) is 11.8 Å². The summed E-state index contributed by atoms with van der Waals surface area (Å²) in [7, 11) is 4.23. The van der Waals surface area contributed by atoms with E-state index in [0.29, 0.717) is 0 Å². The van der Waals surface area contributed by atoms with Gasteiger partial charge in [0.15, 0.2) is 5.96 Å². The van der Waals surface area contributed by atoms with E-state index in [2.05, 4.69) is 61.7 Å². The van der Waals surface area contributed by atoms with E-state index in [1.165, 1.54) is 5.75 Å². The van der Waals surface area contributed by atoms with Gasteiger partial charge in [-0.3, -0.25) is 4.99 Å². The molecule has 1 aliphatic heterocycles. The first-order valence-electron chi connectivity index (χ1n) is 7.84. The Kier molecular flexibility index (Phi) is 8.38. The Bertz CT molecular complexity index is 292. The fourth-order valence-corrected chi connectivity index (χ4v) is 3.57. The summed E-state index contributed by atoms with van der Waals surface area (Å²) in [5.41, 5.74) is 0. The van der Waals surface area contributed by atoms with E-state index in [0.717, 1.165) is 56.3 Å². The summed E-state index contributed by atoms with van der Waals surface area (Å²) < 4.78 is 0. The van der Waals surface area contributed by atoms with Crippen molar-refractivity contribution in [3.63, 3.8) is 0 Å². The van der Waals surface area contributed by atoms with Gasteiger partial charge >= 0.3 is 0 Å². The van der Waals surface area contributed by atoms with Crippen molar-refractivity contribution in [1.82, 2.24) is 15.1 Å². The second kappa shape index (κ2) is 9.50. The third-order valence-electron chi connectivity index (χ3n) is 3.50. The first kappa shape index (κ1) is 17.6. The van der Waals surface area contributed by atoms with Gasteiger partial charge in [-0.05, 0) is 39.9 Å². The molecule has 0 aromatic carbocycles. The minimum absolute atomic E-state index is 0.731. The summed E-state index contributed by atoms with van der Waals surface area (Å²) >= 11 is 2.11. The van der Waals surface area contributed by atoms with Crippen molar-refractivity contribution in [1.29, 1.82) is 0 Å². The molecule has 1 fully saturated rings. The Morgan fingerprint density at radius 2 is 2.20 bits per heavy atom. The van der Waals surface area contributed by atoms with E-state index in [9.17, 15) is 0 Å². The third kappa shape index (κ3) is 6.35. The number of aliphatic imine (C=N–C) groups is 1. The molecular formula is C15H32N4S. The molecule has 118 valence electrons. The Morgan fingerprint density at radius 3 is 2.80 bits per heavy atom. The van der Waals surface area contributed by atoms with Crippen molar-refractivity contribution < 1.29 is 0 Å². The SMILES string of the molecule is CCNC(=NCCCN(C)C)N1CCSC(C(C)C)C1. The van der Waals surface area contributed by atoms with E-state index in [-0.39, 0.29) is 0 Å². The topological polar surface area (TPSA) is 30.9 Å². The van der Waals surface area contributed by atoms with Crippen LogP contribution >= 0.6 is 11.8 Å². The van der Waals surface area contributed by atoms with Crippen LogP contribution in [0.5, 0.6) is 0 Å². The van der Waals surface area contributed by atoms with Crippen molar-refractivity contribution in [3.05, 3.63) is 0 Å². The normalized spacial score (nSPS) is 20.9. The molecule has 0 spiro atoms. The standard InChI is InChI=1S/C15H32N4S/c1-6-16-15(17-8-7-9-18(4)5)19-10-11-20-14(12-19)13(2)3/h13-14H,6-12H2,1-5H3,(H,16,17). The van der Waals surface area contributed by atoms with Gasteiger partial charge in [-0.1, -0.05) is 13.8 Å². The fraction of sp³-hybridized carbons (Fsp3) is 0.933. The second-order valence-electron chi connectivity index (χ2n) is 5.99. The van der Waals surface area contributed by atoms with E-state index >= 15 is 0 Å². The molecule has 1 atom stereocenters. The van der Waals surface area contributed by atoms with Crippen molar-refractivity contribution in [2.75, 3.05) is 52.6 Å². The highest BCUT2D eigenvalue weighted by atomic mass is 32.2. The van der Waals surface area contributed by atoms with Crippen LogP contribution in [-0.4, -0.2) is 73.6 Å². The molecule has 0 saturated carbocycles. The highest BCUT2D eigenvalue weighted by Gasteiger charge is 2.24. The molecule has 0 bridgehead atoms. The van der Waals surface area contributed by atoms with Gasteiger partial charge in [0.1, 0.15) is 0 Å². The molecular weight excluding hydrogens is 268 g/mol. The molecule has 0 radical (unpaired) electrons. The molecule has 1 saturated heterocycles. The minimum Gasteiger partial charge on any atom is -0.357 e. The maximum Gasteiger partial charge on any atom is 0.193 e. The number of hydrogen-bond donors (Lipinski definition) is 1. The van der Waals surface area contributed by atoms with Crippen LogP contribution in [0.15, 0.2) is 4.99 Å². The minimum atomic E-state index is 0.731. The Balaban J connectivity index is 2.53. The van der Waals surface area contributed by atoms with Crippen LogP contribution in [0.4, 0.5) is 0 Å². The predicted molar refractivity (Wildman–Crippen MR) is 91.8 cm³/mol.